The van der Waals surface area contributed by atoms with Gasteiger partial charge in [-0.3, -0.25) is 14.6 Å². The van der Waals surface area contributed by atoms with Crippen LogP contribution in [0.5, 0.6) is 0 Å². The van der Waals surface area contributed by atoms with E-state index < -0.39 is 0 Å². The molecule has 0 radical (unpaired) electrons. The van der Waals surface area contributed by atoms with Gasteiger partial charge in [0.15, 0.2) is 5.16 Å². The largest absolute Gasteiger partial charge is 0.336 e. The van der Waals surface area contributed by atoms with E-state index in [1.807, 2.05) is 0 Å². The molecule has 1 N–H and O–H groups in total. The number of carbonyl (C=O) groups excluding carboxylic acids is 1. The number of thioether (sulfide) groups is 1. The number of nitrogens with zero attached hydrogens (tertiary/aromatic N) is 3. The van der Waals surface area contributed by atoms with Crippen LogP contribution in [0.1, 0.15) is 69.9 Å². The predicted octanol–water partition coefficient (Wildman–Crippen LogP) is 3.06. The number of carbonyl (C=O) groups is 1. The van der Waals surface area contributed by atoms with E-state index in [0.717, 1.165) is 25.7 Å². The SMILES string of the molecule is Cc1nnc(SCC(=O)N(C2CCCCC2)C2CCCCC2)[nH]c1=O. The number of aromatic nitrogens is 3. The molecule has 3 rings (SSSR count). The summed E-state index contributed by atoms with van der Waals surface area (Å²) in [6, 6.07) is 0.793. The molecule has 0 bridgehead atoms. The molecule has 2 fully saturated rings. The molecule has 2 aliphatic rings. The first-order valence-corrected chi connectivity index (χ1v) is 10.5. The average molecular weight is 365 g/mol. The summed E-state index contributed by atoms with van der Waals surface area (Å²) < 4.78 is 0. The highest BCUT2D eigenvalue weighted by Crippen LogP contribution is 2.31. The molecular weight excluding hydrogens is 336 g/mol. The number of aryl methyl sites for hydroxylation is 1. The van der Waals surface area contributed by atoms with Crippen LogP contribution in [0.2, 0.25) is 0 Å². The van der Waals surface area contributed by atoms with Crippen molar-refractivity contribution in [2.24, 2.45) is 0 Å². The minimum absolute atomic E-state index is 0.187. The Morgan fingerprint density at radius 3 is 2.12 bits per heavy atom. The summed E-state index contributed by atoms with van der Waals surface area (Å²) >= 11 is 1.29. The van der Waals surface area contributed by atoms with Gasteiger partial charge >= 0.3 is 0 Å². The molecule has 0 saturated heterocycles. The van der Waals surface area contributed by atoms with Gasteiger partial charge in [-0.25, -0.2) is 0 Å². The lowest BCUT2D eigenvalue weighted by Crippen LogP contribution is -2.49. The molecule has 1 aromatic rings. The molecule has 2 saturated carbocycles. The van der Waals surface area contributed by atoms with Gasteiger partial charge in [0.2, 0.25) is 5.91 Å². The first kappa shape index (κ1) is 18.4. The van der Waals surface area contributed by atoms with Crippen LogP contribution in [0.15, 0.2) is 9.95 Å². The Morgan fingerprint density at radius 1 is 1.04 bits per heavy atom. The van der Waals surface area contributed by atoms with Gasteiger partial charge in [0, 0.05) is 12.1 Å². The van der Waals surface area contributed by atoms with Crippen molar-refractivity contribution in [2.45, 2.75) is 88.4 Å². The van der Waals surface area contributed by atoms with E-state index in [-0.39, 0.29) is 11.5 Å². The molecule has 0 atom stereocenters. The standard InChI is InChI=1S/C18H28N4O2S/c1-13-17(24)19-18(21-20-13)25-12-16(23)22(14-8-4-2-5-9-14)15-10-6-3-7-11-15/h14-15H,2-12H2,1H3,(H,19,21,24). The van der Waals surface area contributed by atoms with Crippen molar-refractivity contribution in [2.75, 3.05) is 5.75 Å². The van der Waals surface area contributed by atoms with E-state index in [9.17, 15) is 9.59 Å². The molecule has 0 unspecified atom stereocenters. The van der Waals surface area contributed by atoms with Crippen LogP contribution < -0.4 is 5.56 Å². The zero-order valence-corrected chi connectivity index (χ0v) is 15.8. The molecule has 2 aliphatic carbocycles. The van der Waals surface area contributed by atoms with Crippen LogP contribution in [0.3, 0.4) is 0 Å². The Hall–Kier alpha value is -1.37. The fraction of sp³-hybridized carbons (Fsp3) is 0.778. The third-order valence-corrected chi connectivity index (χ3v) is 6.24. The second-order valence-electron chi connectivity index (χ2n) is 7.22. The maximum atomic E-state index is 13.0. The molecular formula is C18H28N4O2S. The van der Waals surface area contributed by atoms with Gasteiger partial charge in [-0.15, -0.1) is 10.2 Å². The summed E-state index contributed by atoms with van der Waals surface area (Å²) in [5, 5.41) is 8.25. The van der Waals surface area contributed by atoms with Crippen molar-refractivity contribution in [3.8, 4) is 0 Å². The van der Waals surface area contributed by atoms with Crippen LogP contribution in [0.4, 0.5) is 0 Å². The summed E-state index contributed by atoms with van der Waals surface area (Å²) in [5.74, 6) is 0.507. The first-order chi connectivity index (χ1) is 12.1. The number of amides is 1. The molecule has 0 aromatic carbocycles. The minimum Gasteiger partial charge on any atom is -0.336 e. The van der Waals surface area contributed by atoms with Crippen molar-refractivity contribution < 1.29 is 4.79 Å². The number of nitrogens with one attached hydrogen (secondary N) is 1. The molecule has 0 aliphatic heterocycles. The highest BCUT2D eigenvalue weighted by Gasteiger charge is 2.32. The molecule has 1 heterocycles. The first-order valence-electron chi connectivity index (χ1n) is 9.52. The Morgan fingerprint density at radius 2 is 1.60 bits per heavy atom. The van der Waals surface area contributed by atoms with E-state index in [2.05, 4.69) is 20.1 Å². The zero-order chi connectivity index (χ0) is 17.6. The van der Waals surface area contributed by atoms with E-state index in [0.29, 0.717) is 28.7 Å². The van der Waals surface area contributed by atoms with E-state index in [1.54, 1.807) is 6.92 Å². The van der Waals surface area contributed by atoms with Crippen molar-refractivity contribution in [1.82, 2.24) is 20.1 Å². The van der Waals surface area contributed by atoms with Crippen molar-refractivity contribution >= 4 is 17.7 Å². The van der Waals surface area contributed by atoms with E-state index in [4.69, 9.17) is 0 Å². The Labute approximate surface area is 153 Å². The number of hydrogen-bond acceptors (Lipinski definition) is 5. The average Bonchev–Trinajstić information content (AvgIpc) is 2.65. The molecule has 6 nitrogen and oxygen atoms in total. The topological polar surface area (TPSA) is 79.0 Å². The third-order valence-electron chi connectivity index (χ3n) is 5.40. The molecule has 25 heavy (non-hydrogen) atoms. The fourth-order valence-electron chi connectivity index (χ4n) is 4.07. The molecule has 1 aromatic heterocycles. The lowest BCUT2D eigenvalue weighted by atomic mass is 9.88. The van der Waals surface area contributed by atoms with Gasteiger partial charge in [0.25, 0.3) is 5.56 Å². The molecule has 138 valence electrons. The van der Waals surface area contributed by atoms with Crippen LogP contribution in [-0.2, 0) is 4.79 Å². The summed E-state index contributed by atoms with van der Waals surface area (Å²) in [7, 11) is 0. The lowest BCUT2D eigenvalue weighted by molar-refractivity contribution is -0.135. The molecule has 0 spiro atoms. The Kier molecular flexibility index (Phi) is 6.51. The Bertz CT molecular complexity index is 618. The van der Waals surface area contributed by atoms with E-state index in [1.165, 1.54) is 50.3 Å². The van der Waals surface area contributed by atoms with Crippen LogP contribution in [0.25, 0.3) is 0 Å². The van der Waals surface area contributed by atoms with Crippen molar-refractivity contribution in [1.29, 1.82) is 0 Å². The number of H-pyrrole nitrogens is 1. The predicted molar refractivity (Wildman–Crippen MR) is 98.7 cm³/mol. The fourth-order valence-corrected chi connectivity index (χ4v) is 4.74. The van der Waals surface area contributed by atoms with Gasteiger partial charge < -0.3 is 4.90 Å². The highest BCUT2D eigenvalue weighted by molar-refractivity contribution is 7.99. The van der Waals surface area contributed by atoms with Crippen molar-refractivity contribution in [3.05, 3.63) is 16.0 Å². The summed E-state index contributed by atoms with van der Waals surface area (Å²) in [6.45, 7) is 1.62. The van der Waals surface area contributed by atoms with Crippen LogP contribution in [-0.4, -0.2) is 43.8 Å². The second-order valence-corrected chi connectivity index (χ2v) is 8.18. The lowest BCUT2D eigenvalue weighted by Gasteiger charge is -2.41. The smallest absolute Gasteiger partial charge is 0.273 e. The van der Waals surface area contributed by atoms with Gasteiger partial charge in [0.05, 0.1) is 5.75 Å². The highest BCUT2D eigenvalue weighted by atomic mass is 32.2. The third kappa shape index (κ3) is 4.84. The number of hydrogen-bond donors (Lipinski definition) is 1. The quantitative estimate of drug-likeness (QED) is 0.812. The van der Waals surface area contributed by atoms with Gasteiger partial charge in [-0.1, -0.05) is 50.3 Å². The van der Waals surface area contributed by atoms with Gasteiger partial charge in [-0.2, -0.15) is 0 Å². The number of rotatable bonds is 5. The van der Waals surface area contributed by atoms with Crippen LogP contribution >= 0.6 is 11.8 Å². The number of aromatic amines is 1. The van der Waals surface area contributed by atoms with Crippen molar-refractivity contribution in [3.63, 3.8) is 0 Å². The summed E-state index contributed by atoms with van der Waals surface area (Å²) in [5.41, 5.74) is 0.114. The maximum Gasteiger partial charge on any atom is 0.273 e. The Balaban J connectivity index is 1.66. The summed E-state index contributed by atoms with van der Waals surface area (Å²) in [4.78, 5) is 29.6. The summed E-state index contributed by atoms with van der Waals surface area (Å²) in [6.07, 6.45) is 12.0. The van der Waals surface area contributed by atoms with Gasteiger partial charge in [0.1, 0.15) is 5.69 Å². The maximum absolute atomic E-state index is 13.0. The monoisotopic (exact) mass is 364 g/mol. The minimum atomic E-state index is -0.235. The zero-order valence-electron chi connectivity index (χ0n) is 15.0. The normalized spacial score (nSPS) is 19.7. The van der Waals surface area contributed by atoms with E-state index >= 15 is 0 Å². The van der Waals surface area contributed by atoms with Gasteiger partial charge in [-0.05, 0) is 32.6 Å². The molecule has 1 amide bonds. The molecule has 7 heteroatoms. The second kappa shape index (κ2) is 8.83. The van der Waals surface area contributed by atoms with Crippen LogP contribution in [0, 0.1) is 6.92 Å².